The van der Waals surface area contributed by atoms with E-state index in [1.807, 2.05) is 37.1 Å². The number of aryl methyl sites for hydroxylation is 1. The van der Waals surface area contributed by atoms with E-state index in [1.54, 1.807) is 27.3 Å². The molecular formula is C21H30N4O4. The number of carbonyl (C=O) groups excluding carboxylic acids is 1. The predicted octanol–water partition coefficient (Wildman–Crippen LogP) is 2.43. The van der Waals surface area contributed by atoms with Crippen LogP contribution in [0.15, 0.2) is 39.9 Å². The summed E-state index contributed by atoms with van der Waals surface area (Å²) < 4.78 is 15.9. The Balaban J connectivity index is 1.79. The quantitative estimate of drug-likeness (QED) is 0.381. The van der Waals surface area contributed by atoms with Gasteiger partial charge in [0.2, 0.25) is 0 Å². The summed E-state index contributed by atoms with van der Waals surface area (Å²) in [5, 5.41) is 6.16. The Kier molecular flexibility index (Phi) is 8.39. The van der Waals surface area contributed by atoms with Gasteiger partial charge >= 0.3 is 0 Å². The van der Waals surface area contributed by atoms with Crippen LogP contribution in [0.1, 0.15) is 28.1 Å². The fourth-order valence-corrected chi connectivity index (χ4v) is 2.87. The van der Waals surface area contributed by atoms with Crippen molar-refractivity contribution in [2.45, 2.75) is 19.9 Å². The van der Waals surface area contributed by atoms with E-state index < -0.39 is 0 Å². The molecule has 2 N–H and O–H groups in total. The van der Waals surface area contributed by atoms with Crippen LogP contribution in [0.3, 0.4) is 0 Å². The third-order valence-corrected chi connectivity index (χ3v) is 4.47. The first-order chi connectivity index (χ1) is 14.0. The first-order valence-corrected chi connectivity index (χ1v) is 9.45. The van der Waals surface area contributed by atoms with Crippen molar-refractivity contribution in [3.8, 4) is 11.5 Å². The van der Waals surface area contributed by atoms with Crippen molar-refractivity contribution in [3.05, 3.63) is 47.4 Å². The Morgan fingerprint density at radius 2 is 1.93 bits per heavy atom. The summed E-state index contributed by atoms with van der Waals surface area (Å²) in [6.07, 6.45) is 2.27. The van der Waals surface area contributed by atoms with Crippen LogP contribution in [0.2, 0.25) is 0 Å². The van der Waals surface area contributed by atoms with Crippen molar-refractivity contribution in [3.63, 3.8) is 0 Å². The topological polar surface area (TPSA) is 88.3 Å². The molecule has 0 spiro atoms. The molecule has 2 rings (SSSR count). The third-order valence-electron chi connectivity index (χ3n) is 4.47. The molecule has 8 heteroatoms. The van der Waals surface area contributed by atoms with Crippen LogP contribution in [0.5, 0.6) is 11.5 Å². The lowest BCUT2D eigenvalue weighted by Gasteiger charge is -2.23. The molecule has 2 aromatic rings. The lowest BCUT2D eigenvalue weighted by Crippen LogP contribution is -2.39. The number of guanidine groups is 1. The Hall–Kier alpha value is -3.16. The number of carbonyl (C=O) groups is 1. The van der Waals surface area contributed by atoms with Crippen LogP contribution in [0, 0.1) is 6.92 Å². The second-order valence-electron chi connectivity index (χ2n) is 6.55. The smallest absolute Gasteiger partial charge is 0.287 e. The predicted molar refractivity (Wildman–Crippen MR) is 113 cm³/mol. The van der Waals surface area contributed by atoms with Gasteiger partial charge in [0, 0.05) is 50.9 Å². The SMILES string of the molecule is CN=C(NCCCNC(=O)c1occc1C)N(C)Cc1ccc(OC)cc1OC. The van der Waals surface area contributed by atoms with Gasteiger partial charge in [-0.05, 0) is 31.5 Å². The lowest BCUT2D eigenvalue weighted by molar-refractivity contribution is 0.0925. The first-order valence-electron chi connectivity index (χ1n) is 9.45. The number of ether oxygens (including phenoxy) is 2. The maximum atomic E-state index is 12.0. The zero-order chi connectivity index (χ0) is 21.2. The summed E-state index contributed by atoms with van der Waals surface area (Å²) in [6, 6.07) is 7.52. The molecule has 1 aromatic carbocycles. The van der Waals surface area contributed by atoms with Gasteiger partial charge in [-0.3, -0.25) is 9.79 Å². The molecule has 0 aliphatic carbocycles. The number of methoxy groups -OCH3 is 2. The highest BCUT2D eigenvalue weighted by Gasteiger charge is 2.13. The number of amides is 1. The van der Waals surface area contributed by atoms with Crippen LogP contribution in [0.4, 0.5) is 0 Å². The largest absolute Gasteiger partial charge is 0.497 e. The summed E-state index contributed by atoms with van der Waals surface area (Å²) in [5.74, 6) is 2.45. The van der Waals surface area contributed by atoms with E-state index in [9.17, 15) is 4.79 Å². The number of furan rings is 1. The van der Waals surface area contributed by atoms with Crippen molar-refractivity contribution in [2.75, 3.05) is 41.4 Å². The van der Waals surface area contributed by atoms with E-state index in [0.29, 0.717) is 25.4 Å². The molecule has 1 amide bonds. The molecule has 0 radical (unpaired) electrons. The molecular weight excluding hydrogens is 372 g/mol. The second-order valence-corrected chi connectivity index (χ2v) is 6.55. The standard InChI is InChI=1S/C21H30N4O4/c1-15-9-12-29-19(15)20(26)23-10-6-11-24-21(22-2)25(3)14-16-7-8-17(27-4)13-18(16)28-5/h7-9,12-13H,6,10-11,14H2,1-5H3,(H,22,24)(H,23,26). The zero-order valence-electron chi connectivity index (χ0n) is 17.7. The van der Waals surface area contributed by atoms with Crippen LogP contribution < -0.4 is 20.1 Å². The van der Waals surface area contributed by atoms with Gasteiger partial charge < -0.3 is 29.4 Å². The molecule has 158 valence electrons. The van der Waals surface area contributed by atoms with Gasteiger partial charge in [0.25, 0.3) is 5.91 Å². The molecule has 0 bridgehead atoms. The minimum atomic E-state index is -0.194. The number of hydrogen-bond acceptors (Lipinski definition) is 5. The van der Waals surface area contributed by atoms with Crippen LogP contribution >= 0.6 is 0 Å². The monoisotopic (exact) mass is 402 g/mol. The van der Waals surface area contributed by atoms with Crippen LogP contribution in [-0.4, -0.2) is 58.2 Å². The molecule has 29 heavy (non-hydrogen) atoms. The Labute approximate surface area is 171 Å². The zero-order valence-corrected chi connectivity index (χ0v) is 17.7. The normalized spacial score (nSPS) is 11.1. The summed E-state index contributed by atoms with van der Waals surface area (Å²) in [5.41, 5.74) is 1.86. The summed E-state index contributed by atoms with van der Waals surface area (Å²) >= 11 is 0. The summed E-state index contributed by atoms with van der Waals surface area (Å²) in [6.45, 7) is 3.69. The van der Waals surface area contributed by atoms with Crippen molar-refractivity contribution in [1.82, 2.24) is 15.5 Å². The van der Waals surface area contributed by atoms with Gasteiger partial charge in [-0.1, -0.05) is 0 Å². The molecule has 0 aliphatic heterocycles. The van der Waals surface area contributed by atoms with Crippen molar-refractivity contribution in [1.29, 1.82) is 0 Å². The molecule has 0 fully saturated rings. The van der Waals surface area contributed by atoms with E-state index in [2.05, 4.69) is 15.6 Å². The molecule has 1 heterocycles. The molecule has 0 atom stereocenters. The van der Waals surface area contributed by atoms with Gasteiger partial charge in [0.05, 0.1) is 20.5 Å². The summed E-state index contributed by atoms with van der Waals surface area (Å²) in [4.78, 5) is 18.4. The highest BCUT2D eigenvalue weighted by atomic mass is 16.5. The van der Waals surface area contributed by atoms with Crippen molar-refractivity contribution < 1.29 is 18.7 Å². The highest BCUT2D eigenvalue weighted by Crippen LogP contribution is 2.25. The van der Waals surface area contributed by atoms with Crippen LogP contribution in [0.25, 0.3) is 0 Å². The number of benzene rings is 1. The Morgan fingerprint density at radius 1 is 1.17 bits per heavy atom. The lowest BCUT2D eigenvalue weighted by atomic mass is 10.2. The second kappa shape index (κ2) is 11.0. The molecule has 8 nitrogen and oxygen atoms in total. The fraction of sp³-hybridized carbons (Fsp3) is 0.429. The minimum absolute atomic E-state index is 0.194. The van der Waals surface area contributed by atoms with Gasteiger partial charge in [-0.25, -0.2) is 0 Å². The van der Waals surface area contributed by atoms with Gasteiger partial charge in [-0.15, -0.1) is 0 Å². The van der Waals surface area contributed by atoms with Gasteiger partial charge in [0.1, 0.15) is 11.5 Å². The number of nitrogens with one attached hydrogen (secondary N) is 2. The molecule has 0 unspecified atom stereocenters. The van der Waals surface area contributed by atoms with E-state index in [-0.39, 0.29) is 5.91 Å². The molecule has 0 aliphatic rings. The third kappa shape index (κ3) is 6.17. The van der Waals surface area contributed by atoms with E-state index in [1.165, 1.54) is 6.26 Å². The highest BCUT2D eigenvalue weighted by molar-refractivity contribution is 5.92. The molecule has 1 aromatic heterocycles. The van der Waals surface area contributed by atoms with Gasteiger partial charge in [0.15, 0.2) is 11.7 Å². The maximum absolute atomic E-state index is 12.0. The van der Waals surface area contributed by atoms with Gasteiger partial charge in [-0.2, -0.15) is 0 Å². The number of hydrogen-bond donors (Lipinski definition) is 2. The molecule has 0 saturated heterocycles. The average molecular weight is 402 g/mol. The molecule has 0 saturated carbocycles. The number of rotatable bonds is 9. The van der Waals surface area contributed by atoms with E-state index >= 15 is 0 Å². The Morgan fingerprint density at radius 3 is 2.55 bits per heavy atom. The minimum Gasteiger partial charge on any atom is -0.497 e. The number of aliphatic imine (C=N–C) groups is 1. The van der Waals surface area contributed by atoms with E-state index in [0.717, 1.165) is 35.0 Å². The first kappa shape index (κ1) is 22.1. The van der Waals surface area contributed by atoms with Crippen LogP contribution in [-0.2, 0) is 6.54 Å². The Bertz CT molecular complexity index is 832. The van der Waals surface area contributed by atoms with Crippen molar-refractivity contribution in [2.24, 2.45) is 4.99 Å². The fourth-order valence-electron chi connectivity index (χ4n) is 2.87. The summed E-state index contributed by atoms with van der Waals surface area (Å²) in [7, 11) is 6.97. The van der Waals surface area contributed by atoms with Crippen molar-refractivity contribution >= 4 is 11.9 Å². The van der Waals surface area contributed by atoms with E-state index in [4.69, 9.17) is 13.9 Å². The average Bonchev–Trinajstić information content (AvgIpc) is 3.16. The maximum Gasteiger partial charge on any atom is 0.287 e. The number of nitrogens with zero attached hydrogens (tertiary/aromatic N) is 2.